The third kappa shape index (κ3) is 3.18. The first-order valence-electron chi connectivity index (χ1n) is 7.17. The van der Waals surface area contributed by atoms with Crippen molar-refractivity contribution in [2.24, 2.45) is 5.73 Å². The molecule has 5 nitrogen and oxygen atoms in total. The van der Waals surface area contributed by atoms with Gasteiger partial charge in [0.1, 0.15) is 0 Å². The number of aromatic nitrogens is 1. The van der Waals surface area contributed by atoms with E-state index in [0.717, 1.165) is 16.5 Å². The normalized spacial score (nSPS) is 10.4. The molecule has 114 valence electrons. The summed E-state index contributed by atoms with van der Waals surface area (Å²) in [5, 5.41) is 3.26. The van der Waals surface area contributed by atoms with E-state index >= 15 is 0 Å². The van der Waals surface area contributed by atoms with E-state index < -0.39 is 5.91 Å². The number of nitrogens with two attached hydrogens (primary N) is 1. The van der Waals surface area contributed by atoms with Crippen molar-refractivity contribution in [3.05, 3.63) is 66.2 Å². The zero-order chi connectivity index (χ0) is 16.2. The fraction of sp³-hybridized carbons (Fsp3) is 0.0556. The number of hydrogen-bond acceptors (Lipinski definition) is 3. The molecule has 0 fully saturated rings. The molecule has 0 saturated heterocycles. The number of pyridine rings is 1. The molecule has 1 aromatic heterocycles. The molecule has 2 amide bonds. The Labute approximate surface area is 133 Å². The Kier molecular flexibility index (Phi) is 4.01. The van der Waals surface area contributed by atoms with Crippen molar-refractivity contribution in [3.63, 3.8) is 0 Å². The van der Waals surface area contributed by atoms with Gasteiger partial charge in [-0.3, -0.25) is 9.59 Å². The third-order valence-electron chi connectivity index (χ3n) is 3.45. The van der Waals surface area contributed by atoms with Crippen LogP contribution in [0.2, 0.25) is 0 Å². The second-order valence-corrected chi connectivity index (χ2v) is 5.09. The average molecular weight is 305 g/mol. The van der Waals surface area contributed by atoms with Crippen molar-refractivity contribution in [2.45, 2.75) is 0 Å². The molecule has 0 saturated carbocycles. The highest BCUT2D eigenvalue weighted by atomic mass is 16.2. The largest absolute Gasteiger partial charge is 0.368 e. The highest BCUT2D eigenvalue weighted by Crippen LogP contribution is 2.24. The lowest BCUT2D eigenvalue weighted by molar-refractivity contribution is -0.117. The van der Waals surface area contributed by atoms with E-state index in [1.165, 1.54) is 0 Å². The van der Waals surface area contributed by atoms with E-state index in [2.05, 4.69) is 10.3 Å². The van der Waals surface area contributed by atoms with Gasteiger partial charge in [0.25, 0.3) is 5.91 Å². The predicted octanol–water partition coefficient (Wildman–Crippen LogP) is 2.12. The van der Waals surface area contributed by atoms with Gasteiger partial charge in [0, 0.05) is 10.9 Å². The number of para-hydroxylation sites is 1. The summed E-state index contributed by atoms with van der Waals surface area (Å²) in [6.07, 6.45) is 0. The maximum atomic E-state index is 12.4. The van der Waals surface area contributed by atoms with Crippen LogP contribution in [0, 0.1) is 0 Å². The molecule has 2 aromatic carbocycles. The summed E-state index contributed by atoms with van der Waals surface area (Å²) >= 11 is 0. The van der Waals surface area contributed by atoms with Gasteiger partial charge in [-0.2, -0.15) is 0 Å². The second kappa shape index (κ2) is 6.27. The maximum Gasteiger partial charge on any atom is 0.252 e. The minimum absolute atomic E-state index is 0.198. The lowest BCUT2D eigenvalue weighted by atomic mass is 10.0. The number of nitrogens with zero attached hydrogens (tertiary/aromatic N) is 1. The van der Waals surface area contributed by atoms with E-state index in [1.807, 2.05) is 54.6 Å². The van der Waals surface area contributed by atoms with Gasteiger partial charge in [-0.15, -0.1) is 0 Å². The minimum atomic E-state index is -0.583. The molecule has 0 unspecified atom stereocenters. The number of primary amides is 1. The van der Waals surface area contributed by atoms with Crippen molar-refractivity contribution in [3.8, 4) is 11.3 Å². The summed E-state index contributed by atoms with van der Waals surface area (Å²) in [4.78, 5) is 27.9. The monoisotopic (exact) mass is 305 g/mol. The molecule has 23 heavy (non-hydrogen) atoms. The van der Waals surface area contributed by atoms with E-state index in [-0.39, 0.29) is 12.5 Å². The number of amides is 2. The van der Waals surface area contributed by atoms with Gasteiger partial charge in [-0.05, 0) is 12.1 Å². The average Bonchev–Trinajstić information content (AvgIpc) is 2.59. The van der Waals surface area contributed by atoms with Crippen LogP contribution in [0.3, 0.4) is 0 Å². The van der Waals surface area contributed by atoms with Crippen LogP contribution in [0.25, 0.3) is 22.2 Å². The summed E-state index contributed by atoms with van der Waals surface area (Å²) in [5.74, 6) is -0.931. The van der Waals surface area contributed by atoms with Crippen molar-refractivity contribution >= 4 is 22.7 Å². The van der Waals surface area contributed by atoms with E-state index in [9.17, 15) is 9.59 Å². The second-order valence-electron chi connectivity index (χ2n) is 5.09. The van der Waals surface area contributed by atoms with Crippen LogP contribution in [-0.2, 0) is 4.79 Å². The highest BCUT2D eigenvalue weighted by Gasteiger charge is 2.14. The number of carbonyl (C=O) groups excluding carboxylic acids is 2. The Morgan fingerprint density at radius 3 is 2.43 bits per heavy atom. The molecule has 5 heteroatoms. The fourth-order valence-electron chi connectivity index (χ4n) is 2.38. The molecule has 0 bridgehead atoms. The quantitative estimate of drug-likeness (QED) is 0.774. The zero-order valence-corrected chi connectivity index (χ0v) is 12.3. The molecule has 0 aliphatic rings. The molecule has 3 aromatic rings. The summed E-state index contributed by atoms with van der Waals surface area (Å²) < 4.78 is 0. The van der Waals surface area contributed by atoms with Crippen LogP contribution in [0.4, 0.5) is 0 Å². The van der Waals surface area contributed by atoms with Crippen LogP contribution < -0.4 is 11.1 Å². The molecule has 3 N–H and O–H groups in total. The van der Waals surface area contributed by atoms with Crippen molar-refractivity contribution < 1.29 is 9.59 Å². The number of hydrogen-bond donors (Lipinski definition) is 2. The van der Waals surface area contributed by atoms with Gasteiger partial charge >= 0.3 is 0 Å². The topological polar surface area (TPSA) is 85.1 Å². The van der Waals surface area contributed by atoms with Crippen molar-refractivity contribution in [1.29, 1.82) is 0 Å². The SMILES string of the molecule is NC(=O)CNC(=O)c1cc(-c2ccccc2)nc2ccccc12. The summed E-state index contributed by atoms with van der Waals surface area (Å²) in [6, 6.07) is 18.7. The molecule has 0 radical (unpaired) electrons. The Hall–Kier alpha value is -3.21. The van der Waals surface area contributed by atoms with Gasteiger partial charge in [-0.1, -0.05) is 48.5 Å². The van der Waals surface area contributed by atoms with Crippen molar-refractivity contribution in [1.82, 2.24) is 10.3 Å². The van der Waals surface area contributed by atoms with Gasteiger partial charge in [0.2, 0.25) is 5.91 Å². The molecule has 0 aliphatic heterocycles. The Morgan fingerprint density at radius 1 is 1.00 bits per heavy atom. The smallest absolute Gasteiger partial charge is 0.252 e. The Morgan fingerprint density at radius 2 is 1.70 bits per heavy atom. The first kappa shape index (κ1) is 14.7. The van der Waals surface area contributed by atoms with Crippen LogP contribution >= 0.6 is 0 Å². The van der Waals surface area contributed by atoms with Crippen LogP contribution in [-0.4, -0.2) is 23.3 Å². The molecule has 0 aliphatic carbocycles. The maximum absolute atomic E-state index is 12.4. The van der Waals surface area contributed by atoms with E-state index in [1.54, 1.807) is 6.07 Å². The van der Waals surface area contributed by atoms with Crippen LogP contribution in [0.1, 0.15) is 10.4 Å². The van der Waals surface area contributed by atoms with E-state index in [0.29, 0.717) is 11.3 Å². The van der Waals surface area contributed by atoms with Gasteiger partial charge in [0.05, 0.1) is 23.3 Å². The molecule has 1 heterocycles. The minimum Gasteiger partial charge on any atom is -0.368 e. The summed E-state index contributed by atoms with van der Waals surface area (Å²) in [7, 11) is 0. The van der Waals surface area contributed by atoms with E-state index in [4.69, 9.17) is 5.73 Å². The predicted molar refractivity (Wildman–Crippen MR) is 88.7 cm³/mol. The summed E-state index contributed by atoms with van der Waals surface area (Å²) in [6.45, 7) is -0.198. The first-order chi connectivity index (χ1) is 11.1. The summed E-state index contributed by atoms with van der Waals surface area (Å²) in [5.41, 5.74) is 7.90. The number of carbonyl (C=O) groups is 2. The fourth-order valence-corrected chi connectivity index (χ4v) is 2.38. The van der Waals surface area contributed by atoms with Crippen LogP contribution in [0.5, 0.6) is 0 Å². The molecule has 3 rings (SSSR count). The lowest BCUT2D eigenvalue weighted by Crippen LogP contribution is -2.33. The number of fused-ring (bicyclic) bond motifs is 1. The molecular formula is C18H15N3O2. The van der Waals surface area contributed by atoms with Crippen molar-refractivity contribution in [2.75, 3.05) is 6.54 Å². The highest BCUT2D eigenvalue weighted by molar-refractivity contribution is 6.07. The molecule has 0 atom stereocenters. The van der Waals surface area contributed by atoms with Crippen LogP contribution in [0.15, 0.2) is 60.7 Å². The third-order valence-corrected chi connectivity index (χ3v) is 3.45. The van der Waals surface area contributed by atoms with Gasteiger partial charge in [-0.25, -0.2) is 4.98 Å². The van der Waals surface area contributed by atoms with Gasteiger partial charge < -0.3 is 11.1 Å². The molecule has 0 spiro atoms. The Balaban J connectivity index is 2.11. The number of benzene rings is 2. The number of rotatable bonds is 4. The van der Waals surface area contributed by atoms with Gasteiger partial charge in [0.15, 0.2) is 0 Å². The lowest BCUT2D eigenvalue weighted by Gasteiger charge is -2.10. The number of nitrogens with one attached hydrogen (secondary N) is 1. The molecular weight excluding hydrogens is 290 g/mol. The zero-order valence-electron chi connectivity index (χ0n) is 12.3. The first-order valence-corrected chi connectivity index (χ1v) is 7.17. The standard InChI is InChI=1S/C18H15N3O2/c19-17(22)11-20-18(23)14-10-16(12-6-2-1-3-7-12)21-15-9-5-4-8-13(14)15/h1-10H,11H2,(H2,19,22)(H,20,23). The Bertz CT molecular complexity index is 876.